The first-order valence-corrected chi connectivity index (χ1v) is 9.41. The van der Waals surface area contributed by atoms with E-state index in [1.165, 1.54) is 24.0 Å². The number of benzene rings is 1. The summed E-state index contributed by atoms with van der Waals surface area (Å²) in [7, 11) is 3.10. The number of carbonyl (C=O) groups excluding carboxylic acids is 2. The van der Waals surface area contributed by atoms with Crippen molar-refractivity contribution in [2.24, 2.45) is 12.0 Å². The van der Waals surface area contributed by atoms with Gasteiger partial charge in [-0.05, 0) is 30.5 Å². The fraction of sp³-hybridized carbons (Fsp3) is 0.368. The molecule has 0 atom stereocenters. The van der Waals surface area contributed by atoms with Crippen LogP contribution in [0, 0.1) is 6.92 Å². The zero-order valence-electron chi connectivity index (χ0n) is 16.0. The van der Waals surface area contributed by atoms with E-state index in [0.717, 1.165) is 15.8 Å². The van der Waals surface area contributed by atoms with Crippen molar-refractivity contribution in [3.05, 3.63) is 46.0 Å². The van der Waals surface area contributed by atoms with Crippen LogP contribution in [0.4, 0.5) is 0 Å². The Morgan fingerprint density at radius 3 is 2.67 bits per heavy atom. The normalized spacial score (nSPS) is 12.1. The molecule has 1 amide bonds. The van der Waals surface area contributed by atoms with Crippen LogP contribution in [0.15, 0.2) is 29.4 Å². The van der Waals surface area contributed by atoms with E-state index in [9.17, 15) is 9.59 Å². The van der Waals surface area contributed by atoms with Gasteiger partial charge in [-0.15, -0.1) is 0 Å². The SMILES string of the molecule is COC(=O)Cn1c(=NC(=O)c2nn(C)cc2C)sc2cc(C(C)C)ccc21. The van der Waals surface area contributed by atoms with E-state index in [4.69, 9.17) is 4.74 Å². The number of amides is 1. The standard InChI is InChI=1S/C19H22N4O3S/c1-11(2)13-6-7-14-15(8-13)27-19(23(14)10-16(24)26-5)20-18(25)17-12(3)9-22(4)21-17/h6-9,11H,10H2,1-5H3. The average molecular weight is 386 g/mol. The lowest BCUT2D eigenvalue weighted by Crippen LogP contribution is -2.22. The van der Waals surface area contributed by atoms with Crippen molar-refractivity contribution >= 4 is 33.4 Å². The van der Waals surface area contributed by atoms with Crippen LogP contribution in [0.1, 0.15) is 41.4 Å². The maximum atomic E-state index is 12.6. The Bertz CT molecular complexity index is 1090. The van der Waals surface area contributed by atoms with Crippen molar-refractivity contribution in [1.29, 1.82) is 0 Å². The van der Waals surface area contributed by atoms with Gasteiger partial charge >= 0.3 is 5.97 Å². The fourth-order valence-corrected chi connectivity index (χ4v) is 3.91. The number of hydrogen-bond acceptors (Lipinski definition) is 5. The Kier molecular flexibility index (Phi) is 5.27. The summed E-state index contributed by atoms with van der Waals surface area (Å²) in [5.41, 5.74) is 3.10. The van der Waals surface area contributed by atoms with Gasteiger partial charge in [0.2, 0.25) is 0 Å². The first kappa shape index (κ1) is 19.0. The molecule has 0 aliphatic rings. The molecule has 0 N–H and O–H groups in total. The molecule has 0 unspecified atom stereocenters. The predicted octanol–water partition coefficient (Wildman–Crippen LogP) is 2.78. The molecule has 2 heterocycles. The zero-order valence-corrected chi connectivity index (χ0v) is 16.8. The molecule has 0 saturated carbocycles. The van der Waals surface area contributed by atoms with Crippen LogP contribution in [-0.4, -0.2) is 33.3 Å². The molecule has 1 aromatic carbocycles. The van der Waals surface area contributed by atoms with Gasteiger partial charge < -0.3 is 9.30 Å². The average Bonchev–Trinajstić information content (AvgIpc) is 3.13. The third kappa shape index (κ3) is 3.85. The molecule has 2 aromatic heterocycles. The molecular formula is C19H22N4O3S. The number of carbonyl (C=O) groups is 2. The van der Waals surface area contributed by atoms with Crippen LogP contribution in [-0.2, 0) is 23.1 Å². The molecule has 0 spiro atoms. The number of ether oxygens (including phenoxy) is 1. The number of fused-ring (bicyclic) bond motifs is 1. The van der Waals surface area contributed by atoms with Gasteiger partial charge in [0, 0.05) is 18.8 Å². The van der Waals surface area contributed by atoms with Crippen molar-refractivity contribution in [2.45, 2.75) is 33.2 Å². The number of aromatic nitrogens is 3. The number of hydrogen-bond donors (Lipinski definition) is 0. The predicted molar refractivity (Wildman–Crippen MR) is 104 cm³/mol. The highest BCUT2D eigenvalue weighted by Gasteiger charge is 2.16. The van der Waals surface area contributed by atoms with Crippen molar-refractivity contribution in [3.63, 3.8) is 0 Å². The third-order valence-corrected chi connectivity index (χ3v) is 5.34. The maximum absolute atomic E-state index is 12.6. The van der Waals surface area contributed by atoms with Crippen molar-refractivity contribution in [1.82, 2.24) is 14.3 Å². The summed E-state index contributed by atoms with van der Waals surface area (Å²) in [5, 5.41) is 4.18. The summed E-state index contributed by atoms with van der Waals surface area (Å²) in [4.78, 5) is 29.2. The Balaban J connectivity index is 2.17. The third-order valence-electron chi connectivity index (χ3n) is 4.30. The van der Waals surface area contributed by atoms with Crippen molar-refractivity contribution in [2.75, 3.05) is 7.11 Å². The molecule has 0 aliphatic carbocycles. The van der Waals surface area contributed by atoms with Crippen LogP contribution in [0.5, 0.6) is 0 Å². The molecule has 27 heavy (non-hydrogen) atoms. The number of methoxy groups -OCH3 is 1. The van der Waals surface area contributed by atoms with Gasteiger partial charge in [0.25, 0.3) is 5.91 Å². The van der Waals surface area contributed by atoms with Crippen LogP contribution < -0.4 is 4.80 Å². The lowest BCUT2D eigenvalue weighted by molar-refractivity contribution is -0.141. The zero-order chi connectivity index (χ0) is 19.7. The fourth-order valence-electron chi connectivity index (χ4n) is 2.84. The Morgan fingerprint density at radius 2 is 2.07 bits per heavy atom. The maximum Gasteiger partial charge on any atom is 0.325 e. The summed E-state index contributed by atoms with van der Waals surface area (Å²) in [5.74, 6) is -0.448. The van der Waals surface area contributed by atoms with E-state index in [1.807, 2.05) is 19.1 Å². The molecule has 0 fully saturated rings. The molecule has 142 valence electrons. The topological polar surface area (TPSA) is 78.5 Å². The number of aryl methyl sites for hydroxylation is 2. The van der Waals surface area contributed by atoms with E-state index in [-0.39, 0.29) is 6.54 Å². The quantitative estimate of drug-likeness (QED) is 0.646. The number of thiazole rings is 1. The monoisotopic (exact) mass is 386 g/mol. The van der Waals surface area contributed by atoms with Gasteiger partial charge in [-0.3, -0.25) is 14.3 Å². The highest BCUT2D eigenvalue weighted by atomic mass is 32.1. The van der Waals surface area contributed by atoms with E-state index >= 15 is 0 Å². The van der Waals surface area contributed by atoms with Gasteiger partial charge in [0.1, 0.15) is 6.54 Å². The molecule has 3 aromatic rings. The molecular weight excluding hydrogens is 364 g/mol. The second-order valence-electron chi connectivity index (χ2n) is 6.68. The molecule has 7 nitrogen and oxygen atoms in total. The lowest BCUT2D eigenvalue weighted by atomic mass is 10.0. The Hall–Kier alpha value is -2.74. The Morgan fingerprint density at radius 1 is 1.33 bits per heavy atom. The van der Waals surface area contributed by atoms with Gasteiger partial charge in [0.05, 0.1) is 17.3 Å². The Labute approximate surface area is 160 Å². The molecule has 0 aliphatic heterocycles. The summed E-state index contributed by atoms with van der Waals surface area (Å²) in [6.45, 7) is 6.05. The number of nitrogens with zero attached hydrogens (tertiary/aromatic N) is 4. The van der Waals surface area contributed by atoms with Crippen LogP contribution in [0.3, 0.4) is 0 Å². The molecule has 0 bridgehead atoms. The minimum absolute atomic E-state index is 0.00909. The van der Waals surface area contributed by atoms with E-state index in [0.29, 0.717) is 16.4 Å². The largest absolute Gasteiger partial charge is 0.468 e. The number of rotatable bonds is 4. The van der Waals surface area contributed by atoms with Crippen molar-refractivity contribution in [3.8, 4) is 0 Å². The lowest BCUT2D eigenvalue weighted by Gasteiger charge is -2.06. The van der Waals surface area contributed by atoms with Gasteiger partial charge in [-0.1, -0.05) is 31.3 Å². The van der Waals surface area contributed by atoms with Gasteiger partial charge in [-0.2, -0.15) is 10.1 Å². The van der Waals surface area contributed by atoms with Crippen molar-refractivity contribution < 1.29 is 14.3 Å². The molecule has 0 radical (unpaired) electrons. The van der Waals surface area contributed by atoms with E-state index < -0.39 is 11.9 Å². The summed E-state index contributed by atoms with van der Waals surface area (Å²) >= 11 is 1.38. The first-order valence-electron chi connectivity index (χ1n) is 8.59. The summed E-state index contributed by atoms with van der Waals surface area (Å²) in [6.07, 6.45) is 1.77. The van der Waals surface area contributed by atoms with Crippen LogP contribution in [0.2, 0.25) is 0 Å². The van der Waals surface area contributed by atoms with Crippen LogP contribution in [0.25, 0.3) is 10.2 Å². The van der Waals surface area contributed by atoms with Gasteiger partial charge in [0.15, 0.2) is 10.5 Å². The van der Waals surface area contributed by atoms with Crippen LogP contribution >= 0.6 is 11.3 Å². The molecule has 3 rings (SSSR count). The summed E-state index contributed by atoms with van der Waals surface area (Å²) < 4.78 is 9.07. The minimum Gasteiger partial charge on any atom is -0.468 e. The number of esters is 1. The smallest absolute Gasteiger partial charge is 0.325 e. The van der Waals surface area contributed by atoms with Gasteiger partial charge in [-0.25, -0.2) is 0 Å². The highest BCUT2D eigenvalue weighted by molar-refractivity contribution is 7.16. The second-order valence-corrected chi connectivity index (χ2v) is 7.69. The molecule has 0 saturated heterocycles. The molecule has 8 heteroatoms. The minimum atomic E-state index is -0.428. The first-order chi connectivity index (χ1) is 12.8. The van der Waals surface area contributed by atoms with E-state index in [2.05, 4.69) is 30.0 Å². The summed E-state index contributed by atoms with van der Waals surface area (Å²) in [6, 6.07) is 6.07. The van der Waals surface area contributed by atoms with E-state index in [1.54, 1.807) is 22.5 Å². The highest BCUT2D eigenvalue weighted by Crippen LogP contribution is 2.23. The second kappa shape index (κ2) is 7.48.